The van der Waals surface area contributed by atoms with Gasteiger partial charge in [0.15, 0.2) is 0 Å². The van der Waals surface area contributed by atoms with Gasteiger partial charge in [-0.05, 0) is 45.2 Å². The summed E-state index contributed by atoms with van der Waals surface area (Å²) in [5.41, 5.74) is 1.27. The lowest BCUT2D eigenvalue weighted by Gasteiger charge is -2.30. The second kappa shape index (κ2) is 10.7. The lowest BCUT2D eigenvalue weighted by atomic mass is 10.1. The van der Waals surface area contributed by atoms with E-state index in [0.29, 0.717) is 6.54 Å². The Morgan fingerprint density at radius 1 is 0.966 bits per heavy atom. The van der Waals surface area contributed by atoms with Gasteiger partial charge in [0.1, 0.15) is 0 Å². The zero-order chi connectivity index (χ0) is 20.6. The molecule has 6 heteroatoms. The van der Waals surface area contributed by atoms with Gasteiger partial charge in [0.25, 0.3) is 0 Å². The molecule has 2 heterocycles. The molecule has 2 aliphatic heterocycles. The minimum Gasteiger partial charge on any atom is -0.342 e. The summed E-state index contributed by atoms with van der Waals surface area (Å²) in [7, 11) is 0. The fourth-order valence-corrected chi connectivity index (χ4v) is 4.54. The van der Waals surface area contributed by atoms with Gasteiger partial charge < -0.3 is 9.80 Å². The Morgan fingerprint density at radius 2 is 1.72 bits per heavy atom. The third kappa shape index (κ3) is 5.80. The van der Waals surface area contributed by atoms with E-state index in [0.717, 1.165) is 71.6 Å². The lowest BCUT2D eigenvalue weighted by molar-refractivity contribution is -0.136. The summed E-state index contributed by atoms with van der Waals surface area (Å²) >= 11 is 0. The zero-order valence-corrected chi connectivity index (χ0v) is 18.1. The SMILES string of the molecule is CCN(CC)C(=O)CN1CCCN(C(=O)C2CCCN2Cc2ccccc2)CC1. The van der Waals surface area contributed by atoms with E-state index in [-0.39, 0.29) is 17.9 Å². The average Bonchev–Trinajstić information content (AvgIpc) is 3.06. The summed E-state index contributed by atoms with van der Waals surface area (Å²) in [6, 6.07) is 10.4. The Kier molecular flexibility index (Phi) is 8.07. The molecule has 0 spiro atoms. The summed E-state index contributed by atoms with van der Waals surface area (Å²) in [6.45, 7) is 11.0. The van der Waals surface area contributed by atoms with Crippen LogP contribution in [0.3, 0.4) is 0 Å². The van der Waals surface area contributed by atoms with Gasteiger partial charge in [-0.25, -0.2) is 0 Å². The maximum Gasteiger partial charge on any atom is 0.239 e. The van der Waals surface area contributed by atoms with Gasteiger partial charge in [-0.15, -0.1) is 0 Å². The first-order valence-electron chi connectivity index (χ1n) is 11.2. The topological polar surface area (TPSA) is 47.1 Å². The zero-order valence-electron chi connectivity index (χ0n) is 18.1. The second-order valence-corrected chi connectivity index (χ2v) is 8.14. The predicted molar refractivity (Wildman–Crippen MR) is 115 cm³/mol. The Balaban J connectivity index is 1.54. The van der Waals surface area contributed by atoms with Crippen molar-refractivity contribution in [2.45, 2.75) is 45.7 Å². The van der Waals surface area contributed by atoms with Crippen molar-refractivity contribution in [1.82, 2.24) is 19.6 Å². The number of benzene rings is 1. The standard InChI is InChI=1S/C23H36N4O2/c1-3-25(4-2)22(28)19-24-13-9-15-26(17-16-24)23(29)21-12-8-14-27(21)18-20-10-6-5-7-11-20/h5-7,10-11,21H,3-4,8-9,12-19H2,1-2H3. The molecule has 1 aromatic carbocycles. The Morgan fingerprint density at radius 3 is 2.45 bits per heavy atom. The summed E-state index contributed by atoms with van der Waals surface area (Å²) in [5, 5.41) is 0. The molecule has 0 aromatic heterocycles. The Bertz CT molecular complexity index is 662. The van der Waals surface area contributed by atoms with E-state index in [2.05, 4.69) is 34.1 Å². The van der Waals surface area contributed by atoms with E-state index in [1.807, 2.05) is 29.7 Å². The quantitative estimate of drug-likeness (QED) is 0.703. The molecule has 0 N–H and O–H groups in total. The fourth-order valence-electron chi connectivity index (χ4n) is 4.54. The molecule has 1 aromatic rings. The average molecular weight is 401 g/mol. The summed E-state index contributed by atoms with van der Waals surface area (Å²) in [5.74, 6) is 0.468. The molecule has 2 fully saturated rings. The first-order chi connectivity index (χ1) is 14.1. The van der Waals surface area contributed by atoms with Crippen molar-refractivity contribution < 1.29 is 9.59 Å². The van der Waals surface area contributed by atoms with Gasteiger partial charge in [-0.3, -0.25) is 19.4 Å². The van der Waals surface area contributed by atoms with E-state index >= 15 is 0 Å². The number of nitrogens with zero attached hydrogens (tertiary/aromatic N) is 4. The Hall–Kier alpha value is -1.92. The highest BCUT2D eigenvalue weighted by molar-refractivity contribution is 5.82. The van der Waals surface area contributed by atoms with Crippen LogP contribution in [-0.2, 0) is 16.1 Å². The number of carbonyl (C=O) groups is 2. The number of hydrogen-bond acceptors (Lipinski definition) is 4. The molecule has 0 saturated carbocycles. The minimum absolute atomic E-state index is 0.000868. The van der Waals surface area contributed by atoms with Crippen LogP contribution in [0.1, 0.15) is 38.7 Å². The van der Waals surface area contributed by atoms with Crippen molar-refractivity contribution in [3.8, 4) is 0 Å². The number of rotatable bonds is 7. The number of hydrogen-bond donors (Lipinski definition) is 0. The molecule has 2 amide bonds. The van der Waals surface area contributed by atoms with Crippen LogP contribution in [0.4, 0.5) is 0 Å². The molecule has 0 bridgehead atoms. The van der Waals surface area contributed by atoms with E-state index in [4.69, 9.17) is 0 Å². The maximum atomic E-state index is 13.3. The van der Waals surface area contributed by atoms with Crippen LogP contribution in [0.15, 0.2) is 30.3 Å². The molecule has 0 radical (unpaired) electrons. The van der Waals surface area contributed by atoms with Gasteiger partial charge in [0, 0.05) is 45.8 Å². The van der Waals surface area contributed by atoms with Crippen LogP contribution in [0.25, 0.3) is 0 Å². The van der Waals surface area contributed by atoms with Crippen molar-refractivity contribution in [2.75, 3.05) is 52.4 Å². The van der Waals surface area contributed by atoms with E-state index in [1.54, 1.807) is 0 Å². The van der Waals surface area contributed by atoms with Crippen molar-refractivity contribution in [1.29, 1.82) is 0 Å². The molecule has 0 aliphatic carbocycles. The second-order valence-electron chi connectivity index (χ2n) is 8.14. The van der Waals surface area contributed by atoms with Gasteiger partial charge in [0.05, 0.1) is 12.6 Å². The first-order valence-corrected chi connectivity index (χ1v) is 11.2. The van der Waals surface area contributed by atoms with Gasteiger partial charge in [-0.2, -0.15) is 0 Å². The monoisotopic (exact) mass is 400 g/mol. The number of amides is 2. The number of likely N-dealkylation sites (N-methyl/N-ethyl adjacent to an activating group) is 1. The third-order valence-electron chi connectivity index (χ3n) is 6.25. The molecule has 2 saturated heterocycles. The summed E-state index contributed by atoms with van der Waals surface area (Å²) in [4.78, 5) is 34.2. The Labute approximate surface area is 175 Å². The van der Waals surface area contributed by atoms with E-state index < -0.39 is 0 Å². The highest BCUT2D eigenvalue weighted by atomic mass is 16.2. The van der Waals surface area contributed by atoms with Crippen LogP contribution in [-0.4, -0.2) is 89.8 Å². The van der Waals surface area contributed by atoms with Crippen LogP contribution < -0.4 is 0 Å². The fraction of sp³-hybridized carbons (Fsp3) is 0.652. The molecule has 160 valence electrons. The maximum absolute atomic E-state index is 13.3. The van der Waals surface area contributed by atoms with Crippen molar-refractivity contribution in [2.24, 2.45) is 0 Å². The third-order valence-corrected chi connectivity index (χ3v) is 6.25. The number of likely N-dealkylation sites (tertiary alicyclic amines) is 1. The number of carbonyl (C=O) groups excluding carboxylic acids is 2. The first kappa shape index (κ1) is 21.8. The van der Waals surface area contributed by atoms with Crippen LogP contribution >= 0.6 is 0 Å². The highest BCUT2D eigenvalue weighted by Gasteiger charge is 2.34. The van der Waals surface area contributed by atoms with E-state index in [9.17, 15) is 9.59 Å². The van der Waals surface area contributed by atoms with Crippen molar-refractivity contribution in [3.63, 3.8) is 0 Å². The lowest BCUT2D eigenvalue weighted by Crippen LogP contribution is -2.47. The summed E-state index contributed by atoms with van der Waals surface area (Å²) in [6.07, 6.45) is 2.97. The molecule has 1 unspecified atom stereocenters. The van der Waals surface area contributed by atoms with E-state index in [1.165, 1.54) is 5.56 Å². The highest BCUT2D eigenvalue weighted by Crippen LogP contribution is 2.22. The van der Waals surface area contributed by atoms with Crippen LogP contribution in [0.2, 0.25) is 0 Å². The molecule has 3 rings (SSSR count). The van der Waals surface area contributed by atoms with Gasteiger partial charge in [0.2, 0.25) is 11.8 Å². The minimum atomic E-state index is -0.000868. The van der Waals surface area contributed by atoms with Gasteiger partial charge >= 0.3 is 0 Å². The predicted octanol–water partition coefficient (Wildman–Crippen LogP) is 2.05. The van der Waals surface area contributed by atoms with Crippen molar-refractivity contribution in [3.05, 3.63) is 35.9 Å². The van der Waals surface area contributed by atoms with Crippen LogP contribution in [0.5, 0.6) is 0 Å². The van der Waals surface area contributed by atoms with Gasteiger partial charge in [-0.1, -0.05) is 30.3 Å². The molecule has 29 heavy (non-hydrogen) atoms. The normalized spacial score (nSPS) is 21.2. The summed E-state index contributed by atoms with van der Waals surface area (Å²) < 4.78 is 0. The smallest absolute Gasteiger partial charge is 0.239 e. The van der Waals surface area contributed by atoms with Crippen molar-refractivity contribution >= 4 is 11.8 Å². The molecular formula is C23H36N4O2. The van der Waals surface area contributed by atoms with Crippen LogP contribution in [0, 0.1) is 0 Å². The molecule has 2 aliphatic rings. The largest absolute Gasteiger partial charge is 0.342 e. The molecule has 1 atom stereocenters. The molecule has 6 nitrogen and oxygen atoms in total. The molecular weight excluding hydrogens is 364 g/mol.